The van der Waals surface area contributed by atoms with E-state index in [9.17, 15) is 14.1 Å². The lowest BCUT2D eigenvalue weighted by molar-refractivity contribution is 0.102. The molecule has 2 aliphatic rings. The molecule has 1 saturated heterocycles. The normalized spacial score (nSPS) is 19.2. The topological polar surface area (TPSA) is 162 Å². The van der Waals surface area contributed by atoms with E-state index in [-0.39, 0.29) is 17.2 Å². The zero-order valence-electron chi connectivity index (χ0n) is 27.5. The number of aliphatic hydroxyl groups excluding tert-OH is 1. The zero-order valence-corrected chi connectivity index (χ0v) is 28.4. The van der Waals surface area contributed by atoms with E-state index >= 15 is 0 Å². The van der Waals surface area contributed by atoms with Crippen molar-refractivity contribution in [1.29, 1.82) is 0 Å². The molecule has 11 nitrogen and oxygen atoms in total. The summed E-state index contributed by atoms with van der Waals surface area (Å²) in [6.45, 7) is 13.6. The number of rotatable bonds is 10. The average Bonchev–Trinajstić information content (AvgIpc) is 3.02. The first-order valence-corrected chi connectivity index (χ1v) is 17.6. The molecule has 1 fully saturated rings. The maximum atomic E-state index is 13.7. The standard InChI is InChI=1S/C34H47N7O4S/c1-8-37-26-14-13-25(23-10-9-15-36-19-23)38-30(26)32(35)39-27-16-22(12-11-21(27)2)33(43)40-28-17-24(34(3,4)5)18-29(31(28)45-6)41-46(7,44)20-42/h8,11-14,16-18,23,36,39,42,46H,1,9-10,15,19-20,35H2,2-7H3,(H,40,43)(H,41,44)/b32-30-,37-26-. The third kappa shape index (κ3) is 8.31. The minimum absolute atomic E-state index is 0.282. The number of dihydropyridines is 1. The van der Waals surface area contributed by atoms with Crippen LogP contribution in [0.2, 0.25) is 0 Å². The fraction of sp³-hybridized carbons (Fsp3) is 0.382. The van der Waals surface area contributed by atoms with Crippen LogP contribution in [0.5, 0.6) is 5.75 Å². The SMILES string of the molecule is C=C/N=C1/C=CC(C2CCCNC2)=N/C1=C(/N)Nc1cc(C(=O)Nc2cc(C(C)(C)C)cc(N[SH](C)(=O)CO)c2OC)ccc1C. The highest BCUT2D eigenvalue weighted by Gasteiger charge is 2.24. The highest BCUT2D eigenvalue weighted by atomic mass is 32.3. The molecule has 12 heteroatoms. The first-order chi connectivity index (χ1) is 21.8. The number of aliphatic hydroxyl groups is 1. The van der Waals surface area contributed by atoms with E-state index in [2.05, 4.69) is 32.2 Å². The van der Waals surface area contributed by atoms with Gasteiger partial charge in [0.15, 0.2) is 5.75 Å². The molecule has 2 aliphatic heterocycles. The van der Waals surface area contributed by atoms with Crippen LogP contribution >= 0.6 is 0 Å². The van der Waals surface area contributed by atoms with Gasteiger partial charge in [-0.2, -0.15) is 0 Å². The Hall–Kier alpha value is -4.26. The number of carbonyl (C=O) groups is 1. The number of allylic oxidation sites excluding steroid dienone is 2. The Morgan fingerprint density at radius 1 is 1.22 bits per heavy atom. The van der Waals surface area contributed by atoms with Crippen molar-refractivity contribution >= 4 is 44.5 Å². The number of aliphatic imine (C=N–C) groups is 2. The largest absolute Gasteiger partial charge is 0.492 e. The van der Waals surface area contributed by atoms with Gasteiger partial charge < -0.3 is 36.2 Å². The molecule has 0 radical (unpaired) electrons. The van der Waals surface area contributed by atoms with Crippen LogP contribution in [0, 0.1) is 12.8 Å². The molecule has 1 atom stereocenters. The predicted octanol–water partition coefficient (Wildman–Crippen LogP) is 4.61. The molecule has 2 heterocycles. The van der Waals surface area contributed by atoms with Crippen LogP contribution in [0.25, 0.3) is 0 Å². The van der Waals surface area contributed by atoms with Gasteiger partial charge in [-0.3, -0.25) is 14.0 Å². The van der Waals surface area contributed by atoms with E-state index in [1.807, 2.05) is 58.0 Å². The van der Waals surface area contributed by atoms with Crippen LogP contribution in [0.4, 0.5) is 17.1 Å². The summed E-state index contributed by atoms with van der Waals surface area (Å²) in [7, 11) is -1.65. The summed E-state index contributed by atoms with van der Waals surface area (Å²) < 4.78 is 21.4. The van der Waals surface area contributed by atoms with Crippen LogP contribution in [-0.2, 0) is 15.5 Å². The Bertz CT molecular complexity index is 1660. The number of hydrogen-bond donors (Lipinski definition) is 7. The summed E-state index contributed by atoms with van der Waals surface area (Å²) in [5.41, 5.74) is 11.9. The quantitative estimate of drug-likeness (QED) is 0.185. The first-order valence-electron chi connectivity index (χ1n) is 15.3. The Labute approximate surface area is 272 Å². The fourth-order valence-corrected chi connectivity index (χ4v) is 5.99. The molecule has 7 N–H and O–H groups in total. The number of nitrogens with one attached hydrogen (secondary N) is 4. The lowest BCUT2D eigenvalue weighted by atomic mass is 9.86. The number of piperidine rings is 1. The Morgan fingerprint density at radius 3 is 2.59 bits per heavy atom. The van der Waals surface area contributed by atoms with Gasteiger partial charge in [-0.25, -0.2) is 4.99 Å². The molecule has 248 valence electrons. The molecule has 0 spiro atoms. The monoisotopic (exact) mass is 649 g/mol. The number of nitrogens with zero attached hydrogens (tertiary/aromatic N) is 2. The summed E-state index contributed by atoms with van der Waals surface area (Å²) in [6.07, 6.45) is 8.92. The molecule has 2 aromatic carbocycles. The van der Waals surface area contributed by atoms with Gasteiger partial charge in [0.1, 0.15) is 17.5 Å². The maximum absolute atomic E-state index is 13.7. The molecule has 0 aromatic heterocycles. The number of methoxy groups -OCH3 is 1. The van der Waals surface area contributed by atoms with Gasteiger partial charge in [-0.15, -0.1) is 0 Å². The third-order valence-corrected chi connectivity index (χ3v) is 9.15. The molecule has 0 aliphatic carbocycles. The number of thiol groups is 1. The summed E-state index contributed by atoms with van der Waals surface area (Å²) in [5.74, 6) is -0.0275. The minimum atomic E-state index is -3.12. The van der Waals surface area contributed by atoms with Crippen molar-refractivity contribution in [3.63, 3.8) is 0 Å². The summed E-state index contributed by atoms with van der Waals surface area (Å²) >= 11 is 0. The molecule has 1 amide bonds. The van der Waals surface area contributed by atoms with E-state index in [1.54, 1.807) is 12.1 Å². The maximum Gasteiger partial charge on any atom is 0.255 e. The number of aryl methyl sites for hydroxylation is 1. The first kappa shape index (κ1) is 34.6. The van der Waals surface area contributed by atoms with E-state index < -0.39 is 16.1 Å². The number of anilines is 3. The van der Waals surface area contributed by atoms with Crippen molar-refractivity contribution in [2.24, 2.45) is 21.6 Å². The van der Waals surface area contributed by atoms with Crippen molar-refractivity contribution in [1.82, 2.24) is 5.32 Å². The highest BCUT2D eigenvalue weighted by molar-refractivity contribution is 8.03. The summed E-state index contributed by atoms with van der Waals surface area (Å²) in [6, 6.07) is 8.95. The number of amides is 1. The van der Waals surface area contributed by atoms with Crippen LogP contribution in [-0.4, -0.2) is 59.0 Å². The Kier molecular flexibility index (Phi) is 10.9. The molecule has 1 unspecified atom stereocenters. The number of hydrogen-bond acceptors (Lipinski definition) is 9. The van der Waals surface area contributed by atoms with E-state index in [0.29, 0.717) is 45.6 Å². The fourth-order valence-electron chi connectivity index (χ4n) is 5.24. The van der Waals surface area contributed by atoms with Crippen molar-refractivity contribution in [2.45, 2.75) is 46.0 Å². The van der Waals surface area contributed by atoms with Crippen LogP contribution in [0.3, 0.4) is 0 Å². The zero-order chi connectivity index (χ0) is 33.6. The average molecular weight is 650 g/mol. The second kappa shape index (κ2) is 14.4. The van der Waals surface area contributed by atoms with Crippen molar-refractivity contribution in [3.8, 4) is 5.75 Å². The molecular formula is C34H47N7O4S. The molecule has 2 aromatic rings. The van der Waals surface area contributed by atoms with Crippen LogP contribution in [0.1, 0.15) is 55.1 Å². The lowest BCUT2D eigenvalue weighted by Gasteiger charge is -2.26. The highest BCUT2D eigenvalue weighted by Crippen LogP contribution is 2.40. The number of carbonyl (C=O) groups excluding carboxylic acids is 1. The molecule has 0 bridgehead atoms. The van der Waals surface area contributed by atoms with E-state index in [4.69, 9.17) is 15.5 Å². The third-order valence-electron chi connectivity index (χ3n) is 7.90. The lowest BCUT2D eigenvalue weighted by Crippen LogP contribution is -2.35. The van der Waals surface area contributed by atoms with Crippen molar-refractivity contribution < 1.29 is 18.8 Å². The van der Waals surface area contributed by atoms with Gasteiger partial charge in [0.2, 0.25) is 0 Å². The van der Waals surface area contributed by atoms with Gasteiger partial charge in [-0.05, 0) is 89.4 Å². The van der Waals surface area contributed by atoms with Gasteiger partial charge in [0.05, 0.1) is 24.2 Å². The number of ether oxygens (including phenoxy) is 1. The number of benzene rings is 2. The van der Waals surface area contributed by atoms with Gasteiger partial charge in [-0.1, -0.05) is 33.4 Å². The predicted molar refractivity (Wildman–Crippen MR) is 192 cm³/mol. The minimum Gasteiger partial charge on any atom is -0.492 e. The molecule has 4 rings (SSSR count). The van der Waals surface area contributed by atoms with Crippen LogP contribution in [0.15, 0.2) is 76.8 Å². The Morgan fingerprint density at radius 2 is 1.96 bits per heavy atom. The van der Waals surface area contributed by atoms with Gasteiger partial charge in [0, 0.05) is 41.9 Å². The summed E-state index contributed by atoms with van der Waals surface area (Å²) in [5, 5.41) is 19.3. The molecule has 0 saturated carbocycles. The van der Waals surface area contributed by atoms with Crippen LogP contribution < -0.4 is 31.1 Å². The van der Waals surface area contributed by atoms with Crippen molar-refractivity contribution in [3.05, 3.63) is 83.5 Å². The Balaban J connectivity index is 1.67. The second-order valence-electron chi connectivity index (χ2n) is 12.7. The van der Waals surface area contributed by atoms with E-state index in [1.165, 1.54) is 19.6 Å². The molecular weight excluding hydrogens is 602 g/mol. The van der Waals surface area contributed by atoms with E-state index in [0.717, 1.165) is 42.8 Å². The smallest absolute Gasteiger partial charge is 0.255 e. The molecule has 46 heavy (non-hydrogen) atoms. The van der Waals surface area contributed by atoms with Gasteiger partial charge >= 0.3 is 0 Å². The van der Waals surface area contributed by atoms with Crippen molar-refractivity contribution in [2.75, 3.05) is 47.7 Å². The summed E-state index contributed by atoms with van der Waals surface area (Å²) in [4.78, 5) is 23.0. The second-order valence-corrected chi connectivity index (χ2v) is 15.4. The number of nitrogens with two attached hydrogens (primary N) is 1. The van der Waals surface area contributed by atoms with Gasteiger partial charge in [0.25, 0.3) is 5.91 Å².